The summed E-state index contributed by atoms with van der Waals surface area (Å²) < 4.78 is 15.5. The van der Waals surface area contributed by atoms with Gasteiger partial charge in [0, 0.05) is 12.6 Å². The number of rotatable bonds is 6. The van der Waals surface area contributed by atoms with E-state index >= 15 is 0 Å². The van der Waals surface area contributed by atoms with E-state index in [2.05, 4.69) is 11.4 Å². The highest BCUT2D eigenvalue weighted by atomic mass is 16.5. The molecule has 0 aromatic heterocycles. The number of ether oxygens (including phenoxy) is 3. The van der Waals surface area contributed by atoms with Gasteiger partial charge in [-0.3, -0.25) is 9.69 Å². The number of hydrogen-bond donors (Lipinski definition) is 2. The van der Waals surface area contributed by atoms with Crippen LogP contribution in [0.5, 0.6) is 5.75 Å². The second-order valence-corrected chi connectivity index (χ2v) is 7.30. The Hall–Kier alpha value is -4.78. The minimum absolute atomic E-state index is 0.00310. The van der Waals surface area contributed by atoms with Gasteiger partial charge in [0.1, 0.15) is 17.3 Å². The Kier molecular flexibility index (Phi) is 7.41. The molecule has 1 atom stereocenters. The second-order valence-electron chi connectivity index (χ2n) is 7.30. The number of nitriles is 1. The molecular weight excluding hydrogens is 452 g/mol. The van der Waals surface area contributed by atoms with Crippen molar-refractivity contribution in [3.8, 4) is 11.8 Å². The number of methoxy groups -OCH3 is 3. The lowest BCUT2D eigenvalue weighted by Crippen LogP contribution is -2.41. The number of carbonyl (C=O) groups excluding carboxylic acids is 3. The number of anilines is 1. The standard InChI is InChI=1S/C25H24N4O6/c1-28-23(30)15-10-11-18(33-2)17(12-15)29-21(25(32)35-4)20(24(31)34-3)19(16(13-26)22(29)27)14-8-6-5-7-9-14/h5-12,19H,27H2,1-4H3,(H,28,30). The topological polar surface area (TPSA) is 144 Å². The van der Waals surface area contributed by atoms with Crippen molar-refractivity contribution in [3.63, 3.8) is 0 Å². The summed E-state index contributed by atoms with van der Waals surface area (Å²) in [6.45, 7) is 0. The van der Waals surface area contributed by atoms with Crippen molar-refractivity contribution in [1.82, 2.24) is 5.32 Å². The first kappa shape index (κ1) is 24.9. The molecule has 3 rings (SSSR count). The van der Waals surface area contributed by atoms with E-state index in [1.165, 1.54) is 37.3 Å². The van der Waals surface area contributed by atoms with Crippen LogP contribution in [0, 0.1) is 11.3 Å². The SMILES string of the molecule is CNC(=O)c1ccc(OC)c(N2C(N)=C(C#N)C(c3ccccc3)C(C(=O)OC)=C2C(=O)OC)c1. The Morgan fingerprint density at radius 3 is 2.23 bits per heavy atom. The summed E-state index contributed by atoms with van der Waals surface area (Å²) in [7, 11) is 5.17. The number of benzene rings is 2. The summed E-state index contributed by atoms with van der Waals surface area (Å²) in [6.07, 6.45) is 0. The first-order chi connectivity index (χ1) is 16.8. The largest absolute Gasteiger partial charge is 0.495 e. The van der Waals surface area contributed by atoms with Crippen LogP contribution in [0.3, 0.4) is 0 Å². The minimum atomic E-state index is -1.01. The first-order valence-electron chi connectivity index (χ1n) is 10.4. The molecule has 10 heteroatoms. The Labute approximate surface area is 202 Å². The molecule has 0 aliphatic carbocycles. The van der Waals surface area contributed by atoms with Crippen LogP contribution in [0.1, 0.15) is 21.8 Å². The highest BCUT2D eigenvalue weighted by molar-refractivity contribution is 6.07. The van der Waals surface area contributed by atoms with Gasteiger partial charge in [0.2, 0.25) is 0 Å². The fourth-order valence-corrected chi connectivity index (χ4v) is 3.91. The van der Waals surface area contributed by atoms with Crippen molar-refractivity contribution in [2.75, 3.05) is 33.3 Å². The quantitative estimate of drug-likeness (QED) is 0.598. The zero-order valence-electron chi connectivity index (χ0n) is 19.6. The van der Waals surface area contributed by atoms with Gasteiger partial charge in [-0.1, -0.05) is 30.3 Å². The van der Waals surface area contributed by atoms with Crippen LogP contribution in [-0.4, -0.2) is 46.2 Å². The molecule has 0 saturated heterocycles. The first-order valence-corrected chi connectivity index (χ1v) is 10.4. The number of amides is 1. The lowest BCUT2D eigenvalue weighted by molar-refractivity contribution is -0.139. The predicted octanol–water partition coefficient (Wildman–Crippen LogP) is 1.95. The van der Waals surface area contributed by atoms with Crippen LogP contribution >= 0.6 is 0 Å². The van der Waals surface area contributed by atoms with Gasteiger partial charge < -0.3 is 25.3 Å². The number of nitrogens with one attached hydrogen (secondary N) is 1. The van der Waals surface area contributed by atoms with Gasteiger partial charge in [-0.2, -0.15) is 5.26 Å². The van der Waals surface area contributed by atoms with E-state index < -0.39 is 23.8 Å². The van der Waals surface area contributed by atoms with E-state index in [1.807, 2.05) is 0 Å². The Morgan fingerprint density at radius 1 is 1.03 bits per heavy atom. The average molecular weight is 476 g/mol. The molecular formula is C25H24N4O6. The summed E-state index contributed by atoms with van der Waals surface area (Å²) in [5, 5.41) is 12.6. The maximum atomic E-state index is 13.2. The number of carbonyl (C=O) groups is 3. The van der Waals surface area contributed by atoms with E-state index in [4.69, 9.17) is 19.9 Å². The number of allylic oxidation sites excluding steroid dienone is 1. The molecule has 1 aliphatic heterocycles. The van der Waals surface area contributed by atoms with Gasteiger partial charge in [-0.05, 0) is 23.8 Å². The van der Waals surface area contributed by atoms with Gasteiger partial charge in [0.15, 0.2) is 0 Å². The third kappa shape index (κ3) is 4.39. The summed E-state index contributed by atoms with van der Waals surface area (Å²) in [5.74, 6) is -3.09. The number of esters is 2. The molecule has 0 bridgehead atoms. The summed E-state index contributed by atoms with van der Waals surface area (Å²) in [5.41, 5.74) is 6.99. The lowest BCUT2D eigenvalue weighted by atomic mass is 9.81. The molecule has 0 saturated carbocycles. The molecule has 180 valence electrons. The van der Waals surface area contributed by atoms with Crippen LogP contribution in [0.25, 0.3) is 0 Å². The van der Waals surface area contributed by atoms with E-state index in [0.29, 0.717) is 5.56 Å². The number of nitrogens with two attached hydrogens (primary N) is 1. The summed E-state index contributed by atoms with van der Waals surface area (Å²) >= 11 is 0. The third-order valence-electron chi connectivity index (χ3n) is 5.52. The average Bonchev–Trinajstić information content (AvgIpc) is 2.90. The highest BCUT2D eigenvalue weighted by Crippen LogP contribution is 2.45. The molecule has 2 aromatic carbocycles. The van der Waals surface area contributed by atoms with Gasteiger partial charge in [0.05, 0.1) is 50.2 Å². The maximum absolute atomic E-state index is 13.2. The zero-order valence-corrected chi connectivity index (χ0v) is 19.6. The van der Waals surface area contributed by atoms with Crippen molar-refractivity contribution in [2.45, 2.75) is 5.92 Å². The molecule has 10 nitrogen and oxygen atoms in total. The zero-order chi connectivity index (χ0) is 25.7. The van der Waals surface area contributed by atoms with Gasteiger partial charge in [-0.15, -0.1) is 0 Å². The van der Waals surface area contributed by atoms with Crippen molar-refractivity contribution < 1.29 is 28.6 Å². The smallest absolute Gasteiger partial charge is 0.355 e. The summed E-state index contributed by atoms with van der Waals surface area (Å²) in [6, 6.07) is 15.2. The van der Waals surface area contributed by atoms with Gasteiger partial charge in [0.25, 0.3) is 5.91 Å². The molecule has 1 heterocycles. The van der Waals surface area contributed by atoms with Crippen molar-refractivity contribution in [2.24, 2.45) is 5.73 Å². The Bertz CT molecular complexity index is 1280. The highest BCUT2D eigenvalue weighted by Gasteiger charge is 2.43. The second kappa shape index (κ2) is 10.4. The molecule has 0 radical (unpaired) electrons. The fourth-order valence-electron chi connectivity index (χ4n) is 3.91. The van der Waals surface area contributed by atoms with Crippen molar-refractivity contribution in [1.29, 1.82) is 5.26 Å². The van der Waals surface area contributed by atoms with Gasteiger partial charge in [-0.25, -0.2) is 9.59 Å². The molecule has 0 fully saturated rings. The normalized spacial score (nSPS) is 15.3. The lowest BCUT2D eigenvalue weighted by Gasteiger charge is -2.36. The van der Waals surface area contributed by atoms with Crippen molar-refractivity contribution >= 4 is 23.5 Å². The van der Waals surface area contributed by atoms with E-state index in [-0.39, 0.29) is 39.7 Å². The number of hydrogen-bond acceptors (Lipinski definition) is 9. The third-order valence-corrected chi connectivity index (χ3v) is 5.52. The van der Waals surface area contributed by atoms with Crippen LogP contribution in [0.15, 0.2) is 71.2 Å². The van der Waals surface area contributed by atoms with Crippen LogP contribution in [0.4, 0.5) is 5.69 Å². The predicted molar refractivity (Wildman–Crippen MR) is 126 cm³/mol. The van der Waals surface area contributed by atoms with E-state index in [9.17, 15) is 19.6 Å². The fraction of sp³-hybridized carbons (Fsp3) is 0.200. The molecule has 1 unspecified atom stereocenters. The maximum Gasteiger partial charge on any atom is 0.355 e. The molecule has 35 heavy (non-hydrogen) atoms. The van der Waals surface area contributed by atoms with E-state index in [1.54, 1.807) is 30.3 Å². The Balaban J connectivity index is 2.46. The van der Waals surface area contributed by atoms with Gasteiger partial charge >= 0.3 is 11.9 Å². The molecule has 0 spiro atoms. The molecule has 1 amide bonds. The molecule has 2 aromatic rings. The van der Waals surface area contributed by atoms with Crippen LogP contribution in [-0.2, 0) is 19.1 Å². The molecule has 1 aliphatic rings. The number of nitrogens with zero attached hydrogens (tertiary/aromatic N) is 2. The van der Waals surface area contributed by atoms with Crippen LogP contribution < -0.4 is 20.7 Å². The monoisotopic (exact) mass is 476 g/mol. The van der Waals surface area contributed by atoms with E-state index in [0.717, 1.165) is 14.2 Å². The molecule has 3 N–H and O–H groups in total. The summed E-state index contributed by atoms with van der Waals surface area (Å²) in [4.78, 5) is 39.8. The van der Waals surface area contributed by atoms with Crippen molar-refractivity contribution in [3.05, 3.63) is 82.3 Å². The van der Waals surface area contributed by atoms with Crippen LogP contribution in [0.2, 0.25) is 0 Å². The Morgan fingerprint density at radius 2 is 1.69 bits per heavy atom. The minimum Gasteiger partial charge on any atom is -0.495 e.